The molecule has 0 aliphatic carbocycles. The van der Waals surface area contributed by atoms with E-state index in [1.54, 1.807) is 7.11 Å². The van der Waals surface area contributed by atoms with Gasteiger partial charge in [0.15, 0.2) is 5.69 Å². The molecule has 0 unspecified atom stereocenters. The van der Waals surface area contributed by atoms with E-state index in [9.17, 15) is 4.79 Å². The highest BCUT2D eigenvalue weighted by Gasteiger charge is 2.25. The summed E-state index contributed by atoms with van der Waals surface area (Å²) >= 11 is 0. The van der Waals surface area contributed by atoms with Gasteiger partial charge in [0, 0.05) is 26.2 Å². The fourth-order valence-electron chi connectivity index (χ4n) is 3.25. The Morgan fingerprint density at radius 1 is 0.963 bits per heavy atom. The minimum Gasteiger partial charge on any atom is -0.495 e. The Labute approximate surface area is 157 Å². The van der Waals surface area contributed by atoms with Gasteiger partial charge in [-0.05, 0) is 24.3 Å². The summed E-state index contributed by atoms with van der Waals surface area (Å²) in [4.78, 5) is 18.3. The lowest BCUT2D eigenvalue weighted by molar-refractivity contribution is 0.0740. The fourth-order valence-corrected chi connectivity index (χ4v) is 3.25. The number of carbonyl (C=O) groups is 1. The third-order valence-corrected chi connectivity index (χ3v) is 4.69. The summed E-state index contributed by atoms with van der Waals surface area (Å²) in [5, 5.41) is 8.56. The predicted molar refractivity (Wildman–Crippen MR) is 102 cm³/mol. The van der Waals surface area contributed by atoms with E-state index in [1.165, 1.54) is 11.0 Å². The highest BCUT2D eigenvalue weighted by atomic mass is 16.5. The van der Waals surface area contributed by atoms with Gasteiger partial charge in [0.2, 0.25) is 0 Å². The molecule has 0 N–H and O–H groups in total. The van der Waals surface area contributed by atoms with Gasteiger partial charge in [-0.25, -0.2) is 0 Å². The minimum absolute atomic E-state index is 0.0862. The topological polar surface area (TPSA) is 63.5 Å². The molecule has 27 heavy (non-hydrogen) atoms. The van der Waals surface area contributed by atoms with Crippen molar-refractivity contribution in [1.29, 1.82) is 0 Å². The number of nitrogens with zero attached hydrogens (tertiary/aromatic N) is 5. The quantitative estimate of drug-likeness (QED) is 0.711. The zero-order valence-electron chi connectivity index (χ0n) is 15.2. The molecule has 0 radical (unpaired) electrons. The molecule has 0 spiro atoms. The number of amides is 1. The lowest BCUT2D eigenvalue weighted by Gasteiger charge is -2.36. The number of hydrogen-bond donors (Lipinski definition) is 0. The summed E-state index contributed by atoms with van der Waals surface area (Å²) in [6.45, 7) is 2.77. The Kier molecular flexibility index (Phi) is 4.74. The van der Waals surface area contributed by atoms with E-state index in [0.717, 1.165) is 30.2 Å². The predicted octanol–water partition coefficient (Wildman–Crippen LogP) is 2.24. The van der Waals surface area contributed by atoms with Crippen LogP contribution in [-0.2, 0) is 0 Å². The first-order valence-electron chi connectivity index (χ1n) is 8.91. The molecule has 0 atom stereocenters. The highest BCUT2D eigenvalue weighted by molar-refractivity contribution is 5.92. The largest absolute Gasteiger partial charge is 0.495 e. The van der Waals surface area contributed by atoms with Crippen LogP contribution < -0.4 is 9.64 Å². The smallest absolute Gasteiger partial charge is 0.276 e. The second-order valence-electron chi connectivity index (χ2n) is 6.31. The molecule has 1 aliphatic heterocycles. The zero-order chi connectivity index (χ0) is 18.6. The Morgan fingerprint density at radius 3 is 2.41 bits per heavy atom. The molecular weight excluding hydrogens is 342 g/mol. The molecule has 1 amide bonds. The monoisotopic (exact) mass is 363 g/mol. The van der Waals surface area contributed by atoms with Crippen molar-refractivity contribution in [3.05, 3.63) is 66.5 Å². The molecule has 2 aromatic carbocycles. The third kappa shape index (κ3) is 3.48. The van der Waals surface area contributed by atoms with Crippen LogP contribution in [0.3, 0.4) is 0 Å². The summed E-state index contributed by atoms with van der Waals surface area (Å²) in [6, 6.07) is 17.5. The maximum atomic E-state index is 12.8. The second-order valence-corrected chi connectivity index (χ2v) is 6.31. The average molecular weight is 363 g/mol. The Balaban J connectivity index is 1.43. The van der Waals surface area contributed by atoms with Gasteiger partial charge >= 0.3 is 0 Å². The lowest BCUT2D eigenvalue weighted by atomic mass is 10.2. The summed E-state index contributed by atoms with van der Waals surface area (Å²) in [5.41, 5.74) is 2.25. The molecule has 1 fully saturated rings. The van der Waals surface area contributed by atoms with Gasteiger partial charge in [0.05, 0.1) is 24.7 Å². The van der Waals surface area contributed by atoms with Gasteiger partial charge in [0.1, 0.15) is 5.75 Å². The van der Waals surface area contributed by atoms with Crippen molar-refractivity contribution in [3.63, 3.8) is 0 Å². The number of rotatable bonds is 4. The molecule has 1 aliphatic rings. The molecule has 138 valence electrons. The van der Waals surface area contributed by atoms with E-state index in [2.05, 4.69) is 15.1 Å². The molecule has 0 saturated carbocycles. The van der Waals surface area contributed by atoms with E-state index in [0.29, 0.717) is 18.8 Å². The van der Waals surface area contributed by atoms with E-state index in [4.69, 9.17) is 4.74 Å². The number of hydrogen-bond acceptors (Lipinski definition) is 5. The van der Waals surface area contributed by atoms with Crippen LogP contribution in [0.4, 0.5) is 5.69 Å². The van der Waals surface area contributed by atoms with Crippen molar-refractivity contribution in [1.82, 2.24) is 19.9 Å². The van der Waals surface area contributed by atoms with Crippen LogP contribution in [0, 0.1) is 0 Å². The van der Waals surface area contributed by atoms with Crippen LogP contribution in [0.15, 0.2) is 60.8 Å². The van der Waals surface area contributed by atoms with Gasteiger partial charge in [-0.2, -0.15) is 9.90 Å². The molecule has 7 heteroatoms. The first-order valence-corrected chi connectivity index (χ1v) is 8.91. The van der Waals surface area contributed by atoms with Gasteiger partial charge in [-0.1, -0.05) is 30.3 Å². The highest BCUT2D eigenvalue weighted by Crippen LogP contribution is 2.28. The van der Waals surface area contributed by atoms with Gasteiger partial charge in [0.25, 0.3) is 5.91 Å². The number of ether oxygens (including phenoxy) is 1. The summed E-state index contributed by atoms with van der Waals surface area (Å²) in [5.74, 6) is 0.764. The van der Waals surface area contributed by atoms with E-state index < -0.39 is 0 Å². The van der Waals surface area contributed by atoms with Crippen LogP contribution in [0.5, 0.6) is 5.75 Å². The standard InChI is InChI=1S/C20H21N5O2/c1-27-19-10-6-5-9-18(19)23-11-13-24(14-12-23)20(26)17-15-21-25(22-17)16-7-3-2-4-8-16/h2-10,15H,11-14H2,1H3. The number of methoxy groups -OCH3 is 1. The van der Waals surface area contributed by atoms with Crippen LogP contribution in [0.1, 0.15) is 10.5 Å². The van der Waals surface area contributed by atoms with Crippen molar-refractivity contribution < 1.29 is 9.53 Å². The number of piperazine rings is 1. The van der Waals surface area contributed by atoms with Crippen molar-refractivity contribution in [2.75, 3.05) is 38.2 Å². The SMILES string of the molecule is COc1ccccc1N1CCN(C(=O)c2cnn(-c3ccccc3)n2)CC1. The Morgan fingerprint density at radius 2 is 1.67 bits per heavy atom. The van der Waals surface area contributed by atoms with Gasteiger partial charge < -0.3 is 14.5 Å². The maximum absolute atomic E-state index is 12.8. The number of carbonyl (C=O) groups excluding carboxylic acids is 1. The van der Waals surface area contributed by atoms with E-state index in [-0.39, 0.29) is 5.91 Å². The van der Waals surface area contributed by atoms with Crippen LogP contribution in [0.25, 0.3) is 5.69 Å². The van der Waals surface area contributed by atoms with Crippen LogP contribution in [0.2, 0.25) is 0 Å². The number of para-hydroxylation sites is 3. The minimum atomic E-state index is -0.0862. The summed E-state index contributed by atoms with van der Waals surface area (Å²) in [7, 11) is 1.68. The first kappa shape index (κ1) is 17.1. The molecule has 0 bridgehead atoms. The van der Waals surface area contributed by atoms with Gasteiger partial charge in [-0.3, -0.25) is 4.79 Å². The Bertz CT molecular complexity index is 917. The number of anilines is 1. The van der Waals surface area contributed by atoms with Crippen molar-refractivity contribution in [3.8, 4) is 11.4 Å². The Hall–Kier alpha value is -3.35. The zero-order valence-corrected chi connectivity index (χ0v) is 15.2. The molecule has 4 rings (SSSR count). The van der Waals surface area contributed by atoms with Gasteiger partial charge in [-0.15, -0.1) is 5.10 Å². The van der Waals surface area contributed by atoms with E-state index >= 15 is 0 Å². The lowest BCUT2D eigenvalue weighted by Crippen LogP contribution is -2.49. The second kappa shape index (κ2) is 7.49. The molecular formula is C20H21N5O2. The maximum Gasteiger partial charge on any atom is 0.276 e. The molecule has 1 saturated heterocycles. The molecule has 7 nitrogen and oxygen atoms in total. The first-order chi connectivity index (χ1) is 13.3. The van der Waals surface area contributed by atoms with Crippen molar-refractivity contribution in [2.24, 2.45) is 0 Å². The van der Waals surface area contributed by atoms with Crippen molar-refractivity contribution >= 4 is 11.6 Å². The van der Waals surface area contributed by atoms with Crippen LogP contribution in [-0.4, -0.2) is 59.1 Å². The van der Waals surface area contributed by atoms with E-state index in [1.807, 2.05) is 59.5 Å². The van der Waals surface area contributed by atoms with Crippen molar-refractivity contribution in [2.45, 2.75) is 0 Å². The van der Waals surface area contributed by atoms with Crippen LogP contribution >= 0.6 is 0 Å². The molecule has 2 heterocycles. The number of aromatic nitrogens is 3. The third-order valence-electron chi connectivity index (χ3n) is 4.69. The average Bonchev–Trinajstić information content (AvgIpc) is 3.24. The molecule has 3 aromatic rings. The fraction of sp³-hybridized carbons (Fsp3) is 0.250. The normalized spacial score (nSPS) is 14.3. The molecule has 1 aromatic heterocycles. The summed E-state index contributed by atoms with van der Waals surface area (Å²) < 4.78 is 5.44. The summed E-state index contributed by atoms with van der Waals surface area (Å²) in [6.07, 6.45) is 1.53. The number of benzene rings is 2.